The molecule has 0 spiro atoms. The van der Waals surface area contributed by atoms with Crippen LogP contribution in [0.1, 0.15) is 70.5 Å². The molecule has 3 aliphatic heterocycles. The fourth-order valence-corrected chi connectivity index (χ4v) is 6.06. The Morgan fingerprint density at radius 1 is 1.29 bits per heavy atom. The van der Waals surface area contributed by atoms with Crippen molar-refractivity contribution in [3.63, 3.8) is 0 Å². The zero-order valence-electron chi connectivity index (χ0n) is 20.0. The number of allylic oxidation sites excluding steroid dienone is 2. The van der Waals surface area contributed by atoms with Crippen molar-refractivity contribution in [2.75, 3.05) is 0 Å². The van der Waals surface area contributed by atoms with E-state index in [2.05, 4.69) is 41.9 Å². The number of rotatable bonds is 5. The minimum Gasteiger partial charge on any atom is -0.364 e. The van der Waals surface area contributed by atoms with Crippen LogP contribution in [0.25, 0.3) is 0 Å². The minimum atomic E-state index is -0.220. The number of hydrogen-bond acceptors (Lipinski definition) is 7. The Bertz CT molecular complexity index is 1070. The summed E-state index contributed by atoms with van der Waals surface area (Å²) < 4.78 is 11.9. The van der Waals surface area contributed by atoms with Crippen molar-refractivity contribution in [3.05, 3.63) is 46.7 Å². The third kappa shape index (κ3) is 4.58. The van der Waals surface area contributed by atoms with Crippen LogP contribution in [-0.2, 0) is 11.2 Å². The van der Waals surface area contributed by atoms with Crippen molar-refractivity contribution >= 4 is 17.4 Å². The molecule has 1 aromatic rings. The van der Waals surface area contributed by atoms with E-state index in [1.807, 2.05) is 18.4 Å². The van der Waals surface area contributed by atoms with Gasteiger partial charge in [0.15, 0.2) is 5.82 Å². The van der Waals surface area contributed by atoms with Gasteiger partial charge in [-0.15, -0.1) is 0 Å². The lowest BCUT2D eigenvalue weighted by Gasteiger charge is -2.44. The summed E-state index contributed by atoms with van der Waals surface area (Å²) in [5.74, 6) is 3.68. The Morgan fingerprint density at radius 2 is 2.06 bits per heavy atom. The number of halogens is 1. The largest absolute Gasteiger partial charge is 0.364 e. The van der Waals surface area contributed by atoms with Gasteiger partial charge in [0.05, 0.1) is 18.3 Å². The second-order valence-electron chi connectivity index (χ2n) is 10.3. The van der Waals surface area contributed by atoms with Gasteiger partial charge >= 0.3 is 0 Å². The van der Waals surface area contributed by atoms with Gasteiger partial charge in [-0.05, 0) is 50.2 Å². The first-order valence-electron chi connectivity index (χ1n) is 12.4. The molecule has 0 N–H and O–H groups in total. The maximum Gasteiger partial charge on any atom is 0.226 e. The number of ether oxygens (including phenoxy) is 1. The van der Waals surface area contributed by atoms with Crippen molar-refractivity contribution < 1.29 is 9.26 Å². The molecule has 5 rings (SSSR count). The second kappa shape index (κ2) is 9.67. The number of aliphatic imine (C=N–C) groups is 1. The van der Waals surface area contributed by atoms with E-state index < -0.39 is 0 Å². The molecule has 5 unspecified atom stereocenters. The molecule has 1 aromatic heterocycles. The highest BCUT2D eigenvalue weighted by atomic mass is 35.5. The monoisotopic (exact) mass is 481 g/mol. The van der Waals surface area contributed by atoms with Gasteiger partial charge < -0.3 is 14.2 Å². The van der Waals surface area contributed by atoms with E-state index in [-0.39, 0.29) is 24.0 Å². The molecule has 4 heterocycles. The Balaban J connectivity index is 1.23. The zero-order chi connectivity index (χ0) is 23.8. The highest BCUT2D eigenvalue weighted by molar-refractivity contribution is 6.30. The molecule has 2 saturated heterocycles. The summed E-state index contributed by atoms with van der Waals surface area (Å²) in [4.78, 5) is 12.0. The fourth-order valence-electron chi connectivity index (χ4n) is 5.80. The summed E-state index contributed by atoms with van der Waals surface area (Å²) in [6.07, 6.45) is 13.3. The van der Waals surface area contributed by atoms with Crippen LogP contribution in [0.2, 0.25) is 0 Å². The van der Waals surface area contributed by atoms with E-state index >= 15 is 0 Å². The molecule has 2 bridgehead atoms. The number of fused-ring (bicyclic) bond motifs is 2. The Kier molecular flexibility index (Phi) is 6.63. The van der Waals surface area contributed by atoms with Crippen LogP contribution in [0.15, 0.2) is 44.5 Å². The molecule has 0 saturated carbocycles. The normalized spacial score (nSPS) is 32.9. The van der Waals surface area contributed by atoms with Gasteiger partial charge in [-0.3, -0.25) is 0 Å². The highest BCUT2D eigenvalue weighted by Crippen LogP contribution is 2.42. The van der Waals surface area contributed by atoms with Crippen LogP contribution in [0.5, 0.6) is 0 Å². The first-order chi connectivity index (χ1) is 16.4. The number of piperidine rings is 1. The highest BCUT2D eigenvalue weighted by Gasteiger charge is 2.45. The van der Waals surface area contributed by atoms with Gasteiger partial charge in [0.2, 0.25) is 5.89 Å². The Labute approximate surface area is 206 Å². The molecule has 4 aliphatic rings. The fraction of sp³-hybridized carbons (Fsp3) is 0.615. The molecule has 34 heavy (non-hydrogen) atoms. The van der Waals surface area contributed by atoms with Crippen LogP contribution in [0.4, 0.5) is 0 Å². The molecule has 1 aliphatic carbocycles. The van der Waals surface area contributed by atoms with Gasteiger partial charge in [-0.25, -0.2) is 4.99 Å². The lowest BCUT2D eigenvalue weighted by Crippen LogP contribution is -2.51. The summed E-state index contributed by atoms with van der Waals surface area (Å²) in [7, 11) is 0. The van der Waals surface area contributed by atoms with Crippen molar-refractivity contribution in [3.8, 4) is 6.07 Å². The third-order valence-corrected chi connectivity index (χ3v) is 7.90. The smallest absolute Gasteiger partial charge is 0.226 e. The predicted molar refractivity (Wildman–Crippen MR) is 130 cm³/mol. The van der Waals surface area contributed by atoms with Crippen LogP contribution in [-0.4, -0.2) is 45.2 Å². The molecule has 7 nitrogen and oxygen atoms in total. The van der Waals surface area contributed by atoms with E-state index in [9.17, 15) is 0 Å². The van der Waals surface area contributed by atoms with Crippen LogP contribution < -0.4 is 0 Å². The van der Waals surface area contributed by atoms with E-state index in [4.69, 9.17) is 31.1 Å². The van der Waals surface area contributed by atoms with E-state index in [1.165, 1.54) is 12.8 Å². The summed E-state index contributed by atoms with van der Waals surface area (Å²) in [6.45, 7) is 6.37. The van der Waals surface area contributed by atoms with Crippen molar-refractivity contribution in [2.24, 2.45) is 16.8 Å². The SMILES string of the molecule is CC(C)c1noc(CC2CC3CCC(C2)N3C2=NC=CC(OC3CC=C(C#N)C=C3Cl)C2C)n1. The molecule has 0 amide bonds. The van der Waals surface area contributed by atoms with Crippen molar-refractivity contribution in [1.82, 2.24) is 15.0 Å². The molecular weight excluding hydrogens is 450 g/mol. The standard InChI is InChI=1S/C26H32ClN5O2/c1-15(2)25-30-24(34-31-25)13-18-10-19-5-6-20(11-18)32(19)26-16(3)22(8-9-29-26)33-23-7-4-17(14-28)12-21(23)27/h4,8-9,12,15-16,18-20,22-23H,5-7,10-11,13H2,1-3H3. The average molecular weight is 482 g/mol. The number of hydrogen-bond donors (Lipinski definition) is 0. The maximum absolute atomic E-state index is 9.11. The van der Waals surface area contributed by atoms with Gasteiger partial charge in [0.1, 0.15) is 5.84 Å². The summed E-state index contributed by atoms with van der Waals surface area (Å²) in [6, 6.07) is 3.13. The number of aromatic nitrogens is 2. The van der Waals surface area contributed by atoms with Crippen LogP contribution >= 0.6 is 11.6 Å². The Hall–Kier alpha value is -2.43. The zero-order valence-corrected chi connectivity index (χ0v) is 20.8. The summed E-state index contributed by atoms with van der Waals surface area (Å²) in [5, 5.41) is 13.8. The minimum absolute atomic E-state index is 0.0957. The molecule has 180 valence electrons. The summed E-state index contributed by atoms with van der Waals surface area (Å²) >= 11 is 6.43. The maximum atomic E-state index is 9.11. The van der Waals surface area contributed by atoms with Gasteiger partial charge in [-0.1, -0.05) is 43.6 Å². The second-order valence-corrected chi connectivity index (χ2v) is 10.7. The molecule has 8 heteroatoms. The summed E-state index contributed by atoms with van der Waals surface area (Å²) in [5.41, 5.74) is 0.597. The Morgan fingerprint density at radius 3 is 2.71 bits per heavy atom. The van der Waals surface area contributed by atoms with Crippen molar-refractivity contribution in [1.29, 1.82) is 5.26 Å². The van der Waals surface area contributed by atoms with Crippen LogP contribution in [0, 0.1) is 23.2 Å². The molecule has 2 fully saturated rings. The lowest BCUT2D eigenvalue weighted by atomic mass is 9.86. The predicted octanol–water partition coefficient (Wildman–Crippen LogP) is 5.27. The lowest BCUT2D eigenvalue weighted by molar-refractivity contribution is 0.0193. The van der Waals surface area contributed by atoms with E-state index in [0.717, 1.165) is 36.8 Å². The topological polar surface area (TPSA) is 87.5 Å². The molecule has 0 radical (unpaired) electrons. The van der Waals surface area contributed by atoms with Crippen LogP contribution in [0.3, 0.4) is 0 Å². The van der Waals surface area contributed by atoms with Gasteiger partial charge in [-0.2, -0.15) is 10.2 Å². The molecule has 5 atom stereocenters. The van der Waals surface area contributed by atoms with E-state index in [0.29, 0.717) is 35.0 Å². The van der Waals surface area contributed by atoms with Gasteiger partial charge in [0, 0.05) is 47.1 Å². The molecular formula is C26H32ClN5O2. The number of amidine groups is 1. The first-order valence-corrected chi connectivity index (χ1v) is 12.8. The van der Waals surface area contributed by atoms with Gasteiger partial charge in [0.25, 0.3) is 0 Å². The first kappa shape index (κ1) is 23.3. The third-order valence-electron chi connectivity index (χ3n) is 7.54. The number of nitrogens with zero attached hydrogens (tertiary/aromatic N) is 5. The number of nitriles is 1. The average Bonchev–Trinajstić information content (AvgIpc) is 3.38. The quantitative estimate of drug-likeness (QED) is 0.569. The van der Waals surface area contributed by atoms with E-state index in [1.54, 1.807) is 6.08 Å². The van der Waals surface area contributed by atoms with Crippen molar-refractivity contribution in [2.45, 2.75) is 89.5 Å². The molecule has 0 aromatic carbocycles.